The van der Waals surface area contributed by atoms with E-state index in [0.29, 0.717) is 24.5 Å². The molecule has 1 amide bonds. The van der Waals surface area contributed by atoms with E-state index in [4.69, 9.17) is 0 Å². The van der Waals surface area contributed by atoms with Gasteiger partial charge in [0.2, 0.25) is 5.95 Å². The van der Waals surface area contributed by atoms with Gasteiger partial charge in [-0.1, -0.05) is 0 Å². The normalized spacial score (nSPS) is 20.0. The summed E-state index contributed by atoms with van der Waals surface area (Å²) in [6.07, 6.45) is 3.42. The van der Waals surface area contributed by atoms with Crippen LogP contribution in [0, 0.1) is 0 Å². The molecule has 1 atom stereocenters. The van der Waals surface area contributed by atoms with Crippen LogP contribution in [0.2, 0.25) is 0 Å². The molecule has 22 heavy (non-hydrogen) atoms. The molecule has 1 aromatic rings. The predicted octanol–water partition coefficient (Wildman–Crippen LogP) is -0.633. The number of sulfone groups is 1. The van der Waals surface area contributed by atoms with Gasteiger partial charge in [-0.25, -0.2) is 18.4 Å². The van der Waals surface area contributed by atoms with Crippen LogP contribution in [0.4, 0.5) is 5.95 Å². The molecule has 0 bridgehead atoms. The second-order valence-electron chi connectivity index (χ2n) is 5.60. The lowest BCUT2D eigenvalue weighted by atomic mass is 10.3. The Morgan fingerprint density at radius 2 is 2.05 bits per heavy atom. The van der Waals surface area contributed by atoms with Gasteiger partial charge in [0.05, 0.1) is 17.1 Å². The Hall–Kier alpha value is -1.74. The number of hydrogen-bond acceptors (Lipinski definition) is 7. The highest BCUT2D eigenvalue weighted by molar-refractivity contribution is 7.91. The maximum absolute atomic E-state index is 11.9. The first-order valence-corrected chi connectivity index (χ1v) is 8.90. The first kappa shape index (κ1) is 16.6. The number of nitrogens with zero attached hydrogens (tertiary/aromatic N) is 3. The largest absolute Gasteiger partial charge is 0.351 e. The van der Waals surface area contributed by atoms with Gasteiger partial charge in [0.15, 0.2) is 9.84 Å². The summed E-state index contributed by atoms with van der Waals surface area (Å²) in [7, 11) is 0.918. The van der Waals surface area contributed by atoms with Gasteiger partial charge in [0.1, 0.15) is 0 Å². The molecule has 0 spiro atoms. The molecule has 2 rings (SSSR count). The summed E-state index contributed by atoms with van der Waals surface area (Å²) in [5, 5.41) is 5.75. The fraction of sp³-hybridized carbons (Fsp3) is 0.615. The second-order valence-corrected chi connectivity index (χ2v) is 7.83. The number of anilines is 1. The highest BCUT2D eigenvalue weighted by atomic mass is 32.2. The molecular formula is C13H21N5O3S. The Morgan fingerprint density at radius 3 is 2.59 bits per heavy atom. The van der Waals surface area contributed by atoms with Crippen molar-refractivity contribution in [3.8, 4) is 0 Å². The topological polar surface area (TPSA) is 104 Å². The number of carbonyl (C=O) groups excluding carboxylic acids is 1. The van der Waals surface area contributed by atoms with E-state index in [1.807, 2.05) is 19.0 Å². The van der Waals surface area contributed by atoms with Crippen molar-refractivity contribution in [2.24, 2.45) is 0 Å². The maximum atomic E-state index is 11.9. The highest BCUT2D eigenvalue weighted by Gasteiger charge is 2.28. The highest BCUT2D eigenvalue weighted by Crippen LogP contribution is 2.14. The standard InChI is InChI=1S/C13H21N5O3S/c1-18(2)5-4-14-12(19)10-7-15-13(16-8-10)17-11-3-6-22(20,21)9-11/h7-8,11H,3-6,9H2,1-2H3,(H,14,19)(H,15,16,17). The molecule has 0 saturated carbocycles. The zero-order valence-electron chi connectivity index (χ0n) is 12.7. The van der Waals surface area contributed by atoms with Crippen LogP contribution in [0.5, 0.6) is 0 Å². The quantitative estimate of drug-likeness (QED) is 0.716. The first-order valence-electron chi connectivity index (χ1n) is 7.08. The van der Waals surface area contributed by atoms with E-state index < -0.39 is 9.84 Å². The Labute approximate surface area is 130 Å². The molecule has 2 heterocycles. The second kappa shape index (κ2) is 7.01. The molecule has 8 nitrogen and oxygen atoms in total. The molecular weight excluding hydrogens is 306 g/mol. The van der Waals surface area contributed by atoms with Crippen LogP contribution in [0.1, 0.15) is 16.8 Å². The van der Waals surface area contributed by atoms with Gasteiger partial charge < -0.3 is 15.5 Å². The molecule has 0 radical (unpaired) electrons. The van der Waals surface area contributed by atoms with E-state index in [9.17, 15) is 13.2 Å². The molecule has 2 N–H and O–H groups in total. The third-order valence-electron chi connectivity index (χ3n) is 3.32. The molecule has 1 aromatic heterocycles. The van der Waals surface area contributed by atoms with Crippen molar-refractivity contribution in [3.63, 3.8) is 0 Å². The molecule has 1 aliphatic rings. The third-order valence-corrected chi connectivity index (χ3v) is 5.09. The zero-order valence-corrected chi connectivity index (χ0v) is 13.6. The molecule has 1 fully saturated rings. The van der Waals surface area contributed by atoms with Crippen molar-refractivity contribution in [2.45, 2.75) is 12.5 Å². The fourth-order valence-corrected chi connectivity index (χ4v) is 3.78. The summed E-state index contributed by atoms with van der Waals surface area (Å²) in [5.74, 6) is 0.406. The van der Waals surface area contributed by atoms with E-state index in [0.717, 1.165) is 6.54 Å². The number of amides is 1. The number of rotatable bonds is 6. The molecule has 0 aliphatic carbocycles. The monoisotopic (exact) mass is 327 g/mol. The molecule has 0 aromatic carbocycles. The van der Waals surface area contributed by atoms with Gasteiger partial charge in [-0.2, -0.15) is 0 Å². The number of carbonyl (C=O) groups is 1. The van der Waals surface area contributed by atoms with Gasteiger partial charge in [-0.05, 0) is 20.5 Å². The van der Waals surface area contributed by atoms with Gasteiger partial charge in [-0.3, -0.25) is 4.79 Å². The summed E-state index contributed by atoms with van der Waals surface area (Å²) in [6, 6.07) is -0.162. The van der Waals surface area contributed by atoms with Crippen molar-refractivity contribution in [1.82, 2.24) is 20.2 Å². The van der Waals surface area contributed by atoms with Crippen LogP contribution in [0.3, 0.4) is 0 Å². The van der Waals surface area contributed by atoms with Crippen molar-refractivity contribution in [1.29, 1.82) is 0 Å². The Balaban J connectivity index is 1.86. The van der Waals surface area contributed by atoms with E-state index >= 15 is 0 Å². The minimum atomic E-state index is -2.94. The first-order chi connectivity index (χ1) is 10.4. The smallest absolute Gasteiger partial charge is 0.254 e. The molecule has 1 saturated heterocycles. The summed E-state index contributed by atoms with van der Waals surface area (Å²) in [5.41, 5.74) is 0.378. The number of nitrogens with one attached hydrogen (secondary N) is 2. The Bertz CT molecular complexity index is 615. The predicted molar refractivity (Wildman–Crippen MR) is 83.6 cm³/mol. The molecule has 122 valence electrons. The van der Waals surface area contributed by atoms with Crippen molar-refractivity contribution in [2.75, 3.05) is 44.0 Å². The average Bonchev–Trinajstić information content (AvgIpc) is 2.78. The van der Waals surface area contributed by atoms with Gasteiger partial charge in [-0.15, -0.1) is 0 Å². The van der Waals surface area contributed by atoms with Crippen LogP contribution in [-0.4, -0.2) is 73.9 Å². The van der Waals surface area contributed by atoms with E-state index in [1.165, 1.54) is 12.4 Å². The number of aromatic nitrogens is 2. The molecule has 1 unspecified atom stereocenters. The lowest BCUT2D eigenvalue weighted by Gasteiger charge is -2.11. The Kier molecular flexibility index (Phi) is 5.30. The van der Waals surface area contributed by atoms with Gasteiger partial charge in [0, 0.05) is 31.5 Å². The number of hydrogen-bond donors (Lipinski definition) is 2. The Morgan fingerprint density at radius 1 is 1.36 bits per heavy atom. The maximum Gasteiger partial charge on any atom is 0.254 e. The van der Waals surface area contributed by atoms with Crippen LogP contribution in [-0.2, 0) is 9.84 Å². The van der Waals surface area contributed by atoms with Crippen molar-refractivity contribution >= 4 is 21.7 Å². The van der Waals surface area contributed by atoms with E-state index in [1.54, 1.807) is 0 Å². The average molecular weight is 327 g/mol. The van der Waals surface area contributed by atoms with E-state index in [-0.39, 0.29) is 23.5 Å². The molecule has 1 aliphatic heterocycles. The summed E-state index contributed by atoms with van der Waals surface area (Å²) in [6.45, 7) is 1.30. The third kappa shape index (κ3) is 4.92. The van der Waals surface area contributed by atoms with Gasteiger partial charge in [0.25, 0.3) is 5.91 Å². The molecule has 9 heteroatoms. The van der Waals surface area contributed by atoms with Crippen molar-refractivity contribution < 1.29 is 13.2 Å². The minimum Gasteiger partial charge on any atom is -0.351 e. The summed E-state index contributed by atoms with van der Waals surface area (Å²) in [4.78, 5) is 22.0. The van der Waals surface area contributed by atoms with Crippen LogP contribution < -0.4 is 10.6 Å². The summed E-state index contributed by atoms with van der Waals surface area (Å²) < 4.78 is 22.8. The van der Waals surface area contributed by atoms with Crippen LogP contribution in [0.15, 0.2) is 12.4 Å². The number of likely N-dealkylation sites (N-methyl/N-ethyl adjacent to an activating group) is 1. The van der Waals surface area contributed by atoms with Crippen LogP contribution >= 0.6 is 0 Å². The SMILES string of the molecule is CN(C)CCNC(=O)c1cnc(NC2CCS(=O)(=O)C2)nc1. The van der Waals surface area contributed by atoms with Crippen LogP contribution in [0.25, 0.3) is 0 Å². The minimum absolute atomic E-state index is 0.100. The van der Waals surface area contributed by atoms with Gasteiger partial charge >= 0.3 is 0 Å². The lowest BCUT2D eigenvalue weighted by Crippen LogP contribution is -2.31. The lowest BCUT2D eigenvalue weighted by molar-refractivity contribution is 0.0950. The zero-order chi connectivity index (χ0) is 16.2. The van der Waals surface area contributed by atoms with Crippen molar-refractivity contribution in [3.05, 3.63) is 18.0 Å². The summed E-state index contributed by atoms with van der Waals surface area (Å²) >= 11 is 0. The fourth-order valence-electron chi connectivity index (χ4n) is 2.11. The van der Waals surface area contributed by atoms with E-state index in [2.05, 4.69) is 20.6 Å².